The molecule has 19 heavy (non-hydrogen) atoms. The summed E-state index contributed by atoms with van der Waals surface area (Å²) in [7, 11) is 0. The van der Waals surface area contributed by atoms with Crippen LogP contribution in [0.2, 0.25) is 0 Å². The van der Waals surface area contributed by atoms with Crippen LogP contribution in [0.1, 0.15) is 45.4 Å². The highest BCUT2D eigenvalue weighted by molar-refractivity contribution is 5.87. The molecule has 1 saturated heterocycles. The van der Waals surface area contributed by atoms with Crippen molar-refractivity contribution in [3.63, 3.8) is 0 Å². The molecular weight excluding hydrogens is 244 g/mol. The second-order valence-electron chi connectivity index (χ2n) is 6.20. The molecule has 3 atom stereocenters. The lowest BCUT2D eigenvalue weighted by Gasteiger charge is -2.37. The molecule has 1 saturated carbocycles. The number of carboxylic acids is 1. The molecule has 5 nitrogen and oxygen atoms in total. The Balaban J connectivity index is 1.95. The Hall–Kier alpha value is -1.10. The topological polar surface area (TPSA) is 78.4 Å². The van der Waals surface area contributed by atoms with Crippen LogP contribution in [-0.4, -0.2) is 35.6 Å². The average Bonchev–Trinajstić information content (AvgIpc) is 2.81. The van der Waals surface area contributed by atoms with Gasteiger partial charge >= 0.3 is 5.97 Å². The molecule has 1 aliphatic heterocycles. The van der Waals surface area contributed by atoms with Crippen LogP contribution >= 0.6 is 0 Å². The number of amides is 1. The third-order valence-electron chi connectivity index (χ3n) is 4.42. The van der Waals surface area contributed by atoms with Gasteiger partial charge in [-0.05, 0) is 44.2 Å². The summed E-state index contributed by atoms with van der Waals surface area (Å²) < 4.78 is 0. The third-order valence-corrected chi connectivity index (χ3v) is 4.42. The molecule has 5 heteroatoms. The Kier molecular flexibility index (Phi) is 4.45. The monoisotopic (exact) mass is 268 g/mol. The maximum Gasteiger partial charge on any atom is 0.329 e. The van der Waals surface area contributed by atoms with Crippen LogP contribution in [0, 0.1) is 11.8 Å². The highest BCUT2D eigenvalue weighted by Gasteiger charge is 2.43. The van der Waals surface area contributed by atoms with Gasteiger partial charge in [-0.15, -0.1) is 0 Å². The van der Waals surface area contributed by atoms with E-state index in [-0.39, 0.29) is 5.91 Å². The van der Waals surface area contributed by atoms with Gasteiger partial charge in [0.1, 0.15) is 5.54 Å². The molecule has 2 fully saturated rings. The molecule has 1 heterocycles. The second-order valence-corrected chi connectivity index (χ2v) is 6.20. The van der Waals surface area contributed by atoms with E-state index in [2.05, 4.69) is 17.6 Å². The van der Waals surface area contributed by atoms with E-state index in [1.54, 1.807) is 0 Å². The first kappa shape index (κ1) is 14.3. The minimum absolute atomic E-state index is 0.106. The Bertz CT molecular complexity index is 353. The van der Waals surface area contributed by atoms with Gasteiger partial charge in [0.25, 0.3) is 0 Å². The van der Waals surface area contributed by atoms with E-state index in [4.69, 9.17) is 0 Å². The molecule has 0 aromatic heterocycles. The zero-order chi connectivity index (χ0) is 13.9. The van der Waals surface area contributed by atoms with E-state index < -0.39 is 11.5 Å². The van der Waals surface area contributed by atoms with Crippen molar-refractivity contribution >= 4 is 11.9 Å². The van der Waals surface area contributed by atoms with Crippen LogP contribution in [0.25, 0.3) is 0 Å². The molecule has 108 valence electrons. The SMILES string of the molecule is CC1CCCC(NC(=O)CC2CCNC2)(C(=O)O)C1. The van der Waals surface area contributed by atoms with E-state index in [1.165, 1.54) is 0 Å². The largest absolute Gasteiger partial charge is 0.480 e. The smallest absolute Gasteiger partial charge is 0.329 e. The average molecular weight is 268 g/mol. The molecule has 0 bridgehead atoms. The fraction of sp³-hybridized carbons (Fsp3) is 0.857. The van der Waals surface area contributed by atoms with Gasteiger partial charge in [-0.2, -0.15) is 0 Å². The predicted octanol–water partition coefficient (Wildman–Crippen LogP) is 1.14. The first-order chi connectivity index (χ1) is 9.02. The molecule has 1 amide bonds. The Morgan fingerprint density at radius 3 is 2.79 bits per heavy atom. The van der Waals surface area contributed by atoms with Crippen molar-refractivity contribution in [1.29, 1.82) is 0 Å². The molecule has 3 N–H and O–H groups in total. The van der Waals surface area contributed by atoms with E-state index in [0.717, 1.165) is 32.4 Å². The molecule has 0 spiro atoms. The standard InChI is InChI=1S/C14H24N2O3/c1-10-3-2-5-14(8-10,13(18)19)16-12(17)7-11-4-6-15-9-11/h10-11,15H,2-9H2,1H3,(H,16,17)(H,18,19). The Morgan fingerprint density at radius 2 is 2.21 bits per heavy atom. The number of carboxylic acid groups (broad SMARTS) is 1. The van der Waals surface area contributed by atoms with Crippen molar-refractivity contribution in [3.05, 3.63) is 0 Å². The zero-order valence-corrected chi connectivity index (χ0v) is 11.6. The van der Waals surface area contributed by atoms with Crippen molar-refractivity contribution in [3.8, 4) is 0 Å². The van der Waals surface area contributed by atoms with Crippen LogP contribution in [0.4, 0.5) is 0 Å². The molecular formula is C14H24N2O3. The molecule has 2 aliphatic rings. The number of hydrogen-bond acceptors (Lipinski definition) is 3. The number of aliphatic carboxylic acids is 1. The van der Waals surface area contributed by atoms with Crippen molar-refractivity contribution in [1.82, 2.24) is 10.6 Å². The Labute approximate surface area is 114 Å². The predicted molar refractivity (Wildman–Crippen MR) is 71.7 cm³/mol. The summed E-state index contributed by atoms with van der Waals surface area (Å²) in [4.78, 5) is 23.6. The van der Waals surface area contributed by atoms with Gasteiger partial charge in [-0.25, -0.2) is 4.79 Å². The van der Waals surface area contributed by atoms with Gasteiger partial charge in [0.15, 0.2) is 0 Å². The van der Waals surface area contributed by atoms with Crippen LogP contribution in [0.3, 0.4) is 0 Å². The zero-order valence-electron chi connectivity index (χ0n) is 11.6. The van der Waals surface area contributed by atoms with Gasteiger partial charge in [0.2, 0.25) is 5.91 Å². The van der Waals surface area contributed by atoms with Gasteiger partial charge in [0.05, 0.1) is 0 Å². The lowest BCUT2D eigenvalue weighted by molar-refractivity contribution is -0.150. The molecule has 0 aromatic rings. The normalized spacial score (nSPS) is 35.0. The van der Waals surface area contributed by atoms with E-state index in [0.29, 0.717) is 31.1 Å². The van der Waals surface area contributed by atoms with Crippen LogP contribution in [-0.2, 0) is 9.59 Å². The summed E-state index contributed by atoms with van der Waals surface area (Å²) in [6.07, 6.45) is 4.48. The van der Waals surface area contributed by atoms with Crippen LogP contribution < -0.4 is 10.6 Å². The molecule has 2 rings (SSSR count). The third kappa shape index (κ3) is 3.47. The van der Waals surface area contributed by atoms with Gasteiger partial charge in [-0.3, -0.25) is 4.79 Å². The lowest BCUT2D eigenvalue weighted by Crippen LogP contribution is -2.57. The number of hydrogen-bond donors (Lipinski definition) is 3. The minimum atomic E-state index is -1.03. The maximum atomic E-state index is 12.1. The van der Waals surface area contributed by atoms with Crippen LogP contribution in [0.15, 0.2) is 0 Å². The number of carbonyl (C=O) groups is 2. The van der Waals surface area contributed by atoms with Crippen molar-refractivity contribution in [2.24, 2.45) is 11.8 Å². The van der Waals surface area contributed by atoms with Gasteiger partial charge < -0.3 is 15.7 Å². The van der Waals surface area contributed by atoms with E-state index in [9.17, 15) is 14.7 Å². The Morgan fingerprint density at radius 1 is 1.42 bits per heavy atom. The lowest BCUT2D eigenvalue weighted by atomic mass is 9.76. The summed E-state index contributed by atoms with van der Waals surface area (Å²) in [6.45, 7) is 3.88. The van der Waals surface area contributed by atoms with Crippen molar-refractivity contribution in [2.75, 3.05) is 13.1 Å². The summed E-state index contributed by atoms with van der Waals surface area (Å²) in [5.74, 6) is -0.271. The highest BCUT2D eigenvalue weighted by atomic mass is 16.4. The molecule has 0 aromatic carbocycles. The fourth-order valence-electron chi connectivity index (χ4n) is 3.38. The molecule has 1 aliphatic carbocycles. The second kappa shape index (κ2) is 5.90. The number of rotatable bonds is 4. The molecule has 3 unspecified atom stereocenters. The number of carbonyl (C=O) groups excluding carboxylic acids is 1. The highest BCUT2D eigenvalue weighted by Crippen LogP contribution is 2.32. The minimum Gasteiger partial charge on any atom is -0.480 e. The quantitative estimate of drug-likeness (QED) is 0.714. The fourth-order valence-corrected chi connectivity index (χ4v) is 3.38. The summed E-state index contributed by atoms with van der Waals surface area (Å²) >= 11 is 0. The number of nitrogens with one attached hydrogen (secondary N) is 2. The maximum absolute atomic E-state index is 12.1. The van der Waals surface area contributed by atoms with Crippen molar-refractivity contribution < 1.29 is 14.7 Å². The first-order valence-corrected chi connectivity index (χ1v) is 7.27. The summed E-state index contributed by atoms with van der Waals surface area (Å²) in [5.41, 5.74) is -1.03. The van der Waals surface area contributed by atoms with E-state index >= 15 is 0 Å². The van der Waals surface area contributed by atoms with Crippen molar-refractivity contribution in [2.45, 2.75) is 51.0 Å². The van der Waals surface area contributed by atoms with Gasteiger partial charge in [0, 0.05) is 6.42 Å². The molecule has 0 radical (unpaired) electrons. The summed E-state index contributed by atoms with van der Waals surface area (Å²) in [5, 5.41) is 15.5. The van der Waals surface area contributed by atoms with Gasteiger partial charge in [-0.1, -0.05) is 19.8 Å². The van der Waals surface area contributed by atoms with E-state index in [1.807, 2.05) is 0 Å². The van der Waals surface area contributed by atoms with Crippen LogP contribution in [0.5, 0.6) is 0 Å². The summed E-state index contributed by atoms with van der Waals surface area (Å²) in [6, 6.07) is 0. The first-order valence-electron chi connectivity index (χ1n) is 7.27.